The van der Waals surface area contributed by atoms with E-state index in [1.165, 1.54) is 0 Å². The summed E-state index contributed by atoms with van der Waals surface area (Å²) >= 11 is 3.37. The molecule has 3 nitrogen and oxygen atoms in total. The molecule has 0 aliphatic heterocycles. The molecule has 0 unspecified atom stereocenters. The van der Waals surface area contributed by atoms with Gasteiger partial charge in [0.25, 0.3) is 5.91 Å². The lowest BCUT2D eigenvalue weighted by molar-refractivity contribution is -0.118. The fourth-order valence-corrected chi connectivity index (χ4v) is 2.45. The van der Waals surface area contributed by atoms with Crippen molar-refractivity contribution in [2.75, 3.05) is 11.9 Å². The van der Waals surface area contributed by atoms with E-state index in [0.717, 1.165) is 32.6 Å². The highest BCUT2D eigenvalue weighted by molar-refractivity contribution is 9.10. The van der Waals surface area contributed by atoms with Crippen LogP contribution in [0.5, 0.6) is 5.75 Å². The molecule has 0 spiro atoms. The van der Waals surface area contributed by atoms with E-state index in [-0.39, 0.29) is 12.5 Å². The zero-order chi connectivity index (χ0) is 15.4. The Morgan fingerprint density at radius 3 is 2.57 bits per heavy atom. The summed E-state index contributed by atoms with van der Waals surface area (Å²) in [4.78, 5) is 12.0. The van der Waals surface area contributed by atoms with Gasteiger partial charge in [-0.1, -0.05) is 34.1 Å². The molecule has 2 aromatic rings. The first-order valence-corrected chi connectivity index (χ1v) is 7.51. The standard InChI is InChI=1S/C17H18BrNO2/c1-11-7-8-12(2)17(13(11)3)21-10-16(20)19-15-6-4-5-14(18)9-15/h4-9H,10H2,1-3H3,(H,19,20). The van der Waals surface area contributed by atoms with Crippen LogP contribution in [0.15, 0.2) is 40.9 Å². The molecule has 4 heteroatoms. The monoisotopic (exact) mass is 347 g/mol. The SMILES string of the molecule is Cc1ccc(C)c(OCC(=O)Nc2cccc(Br)c2)c1C. The van der Waals surface area contributed by atoms with Gasteiger partial charge in [-0.15, -0.1) is 0 Å². The highest BCUT2D eigenvalue weighted by atomic mass is 79.9. The van der Waals surface area contributed by atoms with Crippen LogP contribution in [0.2, 0.25) is 0 Å². The minimum Gasteiger partial charge on any atom is -0.483 e. The van der Waals surface area contributed by atoms with Crippen LogP contribution >= 0.6 is 15.9 Å². The zero-order valence-electron chi connectivity index (χ0n) is 12.4. The Morgan fingerprint density at radius 2 is 1.86 bits per heavy atom. The second kappa shape index (κ2) is 6.76. The quantitative estimate of drug-likeness (QED) is 0.890. The number of rotatable bonds is 4. The Labute approximate surface area is 133 Å². The highest BCUT2D eigenvalue weighted by Gasteiger charge is 2.09. The minimum absolute atomic E-state index is 0.00233. The fraction of sp³-hybridized carbons (Fsp3) is 0.235. The molecule has 0 aliphatic carbocycles. The highest BCUT2D eigenvalue weighted by Crippen LogP contribution is 2.25. The third-order valence-corrected chi connectivity index (χ3v) is 3.82. The van der Waals surface area contributed by atoms with E-state index >= 15 is 0 Å². The van der Waals surface area contributed by atoms with E-state index in [9.17, 15) is 4.79 Å². The Bertz CT molecular complexity index is 668. The molecular weight excluding hydrogens is 330 g/mol. The number of nitrogens with one attached hydrogen (secondary N) is 1. The van der Waals surface area contributed by atoms with Gasteiger partial charge in [-0.2, -0.15) is 0 Å². The van der Waals surface area contributed by atoms with Gasteiger partial charge in [-0.25, -0.2) is 0 Å². The van der Waals surface area contributed by atoms with Gasteiger partial charge in [0, 0.05) is 10.2 Å². The van der Waals surface area contributed by atoms with Gasteiger partial charge in [0.05, 0.1) is 0 Å². The molecular formula is C17H18BrNO2. The van der Waals surface area contributed by atoms with Crippen LogP contribution in [-0.4, -0.2) is 12.5 Å². The first-order chi connectivity index (χ1) is 9.97. The molecule has 2 rings (SSSR count). The Balaban J connectivity index is 2.00. The van der Waals surface area contributed by atoms with Gasteiger partial charge < -0.3 is 10.1 Å². The molecule has 0 saturated carbocycles. The van der Waals surface area contributed by atoms with Crippen molar-refractivity contribution >= 4 is 27.5 Å². The summed E-state index contributed by atoms with van der Waals surface area (Å²) in [5, 5.41) is 2.81. The van der Waals surface area contributed by atoms with E-state index in [1.807, 2.05) is 51.1 Å². The summed E-state index contributed by atoms with van der Waals surface area (Å²) in [6.07, 6.45) is 0. The van der Waals surface area contributed by atoms with Crippen molar-refractivity contribution in [1.29, 1.82) is 0 Å². The van der Waals surface area contributed by atoms with Crippen molar-refractivity contribution in [3.05, 3.63) is 57.6 Å². The smallest absolute Gasteiger partial charge is 0.262 e. The van der Waals surface area contributed by atoms with E-state index in [1.54, 1.807) is 0 Å². The van der Waals surface area contributed by atoms with Crippen molar-refractivity contribution in [3.63, 3.8) is 0 Å². The molecule has 0 radical (unpaired) electrons. The molecule has 1 amide bonds. The predicted octanol–water partition coefficient (Wildman–Crippen LogP) is 4.39. The van der Waals surface area contributed by atoms with Gasteiger partial charge in [0.2, 0.25) is 0 Å². The van der Waals surface area contributed by atoms with Crippen molar-refractivity contribution in [2.45, 2.75) is 20.8 Å². The maximum absolute atomic E-state index is 12.0. The predicted molar refractivity (Wildman–Crippen MR) is 88.9 cm³/mol. The third-order valence-electron chi connectivity index (χ3n) is 3.33. The third kappa shape index (κ3) is 4.08. The van der Waals surface area contributed by atoms with Gasteiger partial charge in [0.15, 0.2) is 6.61 Å². The van der Waals surface area contributed by atoms with Crippen molar-refractivity contribution in [3.8, 4) is 5.75 Å². The molecule has 110 valence electrons. The normalized spacial score (nSPS) is 10.3. The largest absolute Gasteiger partial charge is 0.483 e. The number of ether oxygens (including phenoxy) is 1. The van der Waals surface area contributed by atoms with Gasteiger partial charge in [-0.05, 0) is 55.7 Å². The van der Waals surface area contributed by atoms with Crippen molar-refractivity contribution in [1.82, 2.24) is 0 Å². The van der Waals surface area contributed by atoms with Gasteiger partial charge >= 0.3 is 0 Å². The molecule has 21 heavy (non-hydrogen) atoms. The zero-order valence-corrected chi connectivity index (χ0v) is 14.0. The number of carbonyl (C=O) groups excluding carboxylic acids is 1. The second-order valence-corrected chi connectivity index (χ2v) is 5.92. The maximum Gasteiger partial charge on any atom is 0.262 e. The average Bonchev–Trinajstić information content (AvgIpc) is 2.43. The van der Waals surface area contributed by atoms with Gasteiger partial charge in [0.1, 0.15) is 5.75 Å². The Kier molecular flexibility index (Phi) is 5.02. The van der Waals surface area contributed by atoms with Crippen LogP contribution in [0.4, 0.5) is 5.69 Å². The summed E-state index contributed by atoms with van der Waals surface area (Å²) in [5.41, 5.74) is 4.01. The van der Waals surface area contributed by atoms with Crippen LogP contribution in [0.25, 0.3) is 0 Å². The summed E-state index contributed by atoms with van der Waals surface area (Å²) in [6.45, 7) is 6.01. The molecule has 2 aromatic carbocycles. The Hall–Kier alpha value is -1.81. The van der Waals surface area contributed by atoms with E-state index in [4.69, 9.17) is 4.74 Å². The second-order valence-electron chi connectivity index (χ2n) is 5.00. The fourth-order valence-electron chi connectivity index (χ4n) is 2.05. The molecule has 0 bridgehead atoms. The summed E-state index contributed by atoms with van der Waals surface area (Å²) < 4.78 is 6.61. The number of hydrogen-bond acceptors (Lipinski definition) is 2. The lowest BCUT2D eigenvalue weighted by Crippen LogP contribution is -2.20. The van der Waals surface area contributed by atoms with Crippen LogP contribution in [0.3, 0.4) is 0 Å². The number of hydrogen-bond donors (Lipinski definition) is 1. The van der Waals surface area contributed by atoms with Crippen molar-refractivity contribution in [2.24, 2.45) is 0 Å². The summed E-state index contributed by atoms with van der Waals surface area (Å²) in [6, 6.07) is 11.5. The van der Waals surface area contributed by atoms with Gasteiger partial charge in [-0.3, -0.25) is 4.79 Å². The lowest BCUT2D eigenvalue weighted by atomic mass is 10.1. The number of amides is 1. The topological polar surface area (TPSA) is 38.3 Å². The molecule has 0 aliphatic rings. The first kappa shape index (κ1) is 15.6. The molecule has 0 atom stereocenters. The van der Waals surface area contributed by atoms with Crippen LogP contribution < -0.4 is 10.1 Å². The van der Waals surface area contributed by atoms with E-state index < -0.39 is 0 Å². The van der Waals surface area contributed by atoms with Crippen LogP contribution in [0.1, 0.15) is 16.7 Å². The molecule has 0 aromatic heterocycles. The van der Waals surface area contributed by atoms with E-state index in [0.29, 0.717) is 0 Å². The number of aryl methyl sites for hydroxylation is 2. The molecule has 0 fully saturated rings. The van der Waals surface area contributed by atoms with Crippen molar-refractivity contribution < 1.29 is 9.53 Å². The Morgan fingerprint density at radius 1 is 1.14 bits per heavy atom. The summed E-state index contributed by atoms with van der Waals surface area (Å²) in [7, 11) is 0. The lowest BCUT2D eigenvalue weighted by Gasteiger charge is -2.14. The molecule has 0 heterocycles. The maximum atomic E-state index is 12.0. The summed E-state index contributed by atoms with van der Waals surface area (Å²) in [5.74, 6) is 0.618. The number of benzene rings is 2. The number of halogens is 1. The van der Waals surface area contributed by atoms with Crippen LogP contribution in [0, 0.1) is 20.8 Å². The number of carbonyl (C=O) groups is 1. The number of anilines is 1. The molecule has 1 N–H and O–H groups in total. The average molecular weight is 348 g/mol. The van der Waals surface area contributed by atoms with E-state index in [2.05, 4.69) is 27.3 Å². The minimum atomic E-state index is -0.173. The first-order valence-electron chi connectivity index (χ1n) is 6.72. The van der Waals surface area contributed by atoms with Crippen LogP contribution in [-0.2, 0) is 4.79 Å². The molecule has 0 saturated heterocycles.